The van der Waals surface area contributed by atoms with Crippen LogP contribution in [0.25, 0.3) is 5.69 Å². The molecule has 0 saturated carbocycles. The van der Waals surface area contributed by atoms with Crippen molar-refractivity contribution in [2.24, 2.45) is 0 Å². The van der Waals surface area contributed by atoms with Crippen molar-refractivity contribution in [3.8, 4) is 11.4 Å². The Labute approximate surface area is 178 Å². The van der Waals surface area contributed by atoms with Crippen LogP contribution >= 0.6 is 23.2 Å². The van der Waals surface area contributed by atoms with Gasteiger partial charge in [0.2, 0.25) is 0 Å². The molecule has 1 aromatic heterocycles. The van der Waals surface area contributed by atoms with E-state index in [1.54, 1.807) is 36.4 Å². The van der Waals surface area contributed by atoms with Crippen molar-refractivity contribution in [3.05, 3.63) is 80.7 Å². The number of hydrogen-bond donors (Lipinski definition) is 1. The second-order valence-electron chi connectivity index (χ2n) is 6.25. The van der Waals surface area contributed by atoms with Gasteiger partial charge in [0.15, 0.2) is 0 Å². The van der Waals surface area contributed by atoms with Crippen LogP contribution < -0.4 is 15.6 Å². The van der Waals surface area contributed by atoms with Crippen molar-refractivity contribution in [1.82, 2.24) is 9.78 Å². The van der Waals surface area contributed by atoms with Gasteiger partial charge >= 0.3 is 0 Å². The second kappa shape index (κ2) is 9.58. The lowest BCUT2D eigenvalue weighted by Gasteiger charge is -2.09. The summed E-state index contributed by atoms with van der Waals surface area (Å²) in [5, 5.41) is 6.77. The van der Waals surface area contributed by atoms with Gasteiger partial charge in [-0.15, -0.1) is 0 Å². The normalized spacial score (nSPS) is 10.6. The highest BCUT2D eigenvalue weighted by atomic mass is 35.5. The monoisotopic (exact) mass is 431 g/mol. The molecule has 0 radical (unpaired) electrons. The molecule has 0 aliphatic rings. The number of aromatic nitrogens is 2. The summed E-state index contributed by atoms with van der Waals surface area (Å²) in [7, 11) is 0. The first kappa shape index (κ1) is 20.9. The molecule has 0 spiro atoms. The second-order valence-corrected chi connectivity index (χ2v) is 7.04. The zero-order valence-corrected chi connectivity index (χ0v) is 17.2. The van der Waals surface area contributed by atoms with Crippen LogP contribution in [0.3, 0.4) is 0 Å². The van der Waals surface area contributed by atoms with Gasteiger partial charge < -0.3 is 10.1 Å². The lowest BCUT2D eigenvalue weighted by atomic mass is 10.2. The van der Waals surface area contributed by atoms with Gasteiger partial charge in [0.1, 0.15) is 10.8 Å². The summed E-state index contributed by atoms with van der Waals surface area (Å²) in [5.41, 5.74) is 1.03. The summed E-state index contributed by atoms with van der Waals surface area (Å²) in [6.07, 6.45) is 3.36. The van der Waals surface area contributed by atoms with Crippen LogP contribution in [-0.2, 0) is 0 Å². The standard InChI is InChI=1S/C21H19Cl2N3O3/c1-2-3-12-29-17-10-6-15(7-11-17)25-20(27)14-4-8-16(9-5-14)26-21(28)19(23)18(22)13-24-26/h4-11,13H,2-3,12H2,1H3,(H,25,27). The third kappa shape index (κ3) is 5.16. The van der Waals surface area contributed by atoms with E-state index >= 15 is 0 Å². The molecule has 0 aliphatic heterocycles. The van der Waals surface area contributed by atoms with Crippen molar-refractivity contribution in [3.63, 3.8) is 0 Å². The molecule has 2 aromatic carbocycles. The molecule has 0 atom stereocenters. The number of ether oxygens (including phenoxy) is 1. The van der Waals surface area contributed by atoms with E-state index in [1.165, 1.54) is 6.20 Å². The summed E-state index contributed by atoms with van der Waals surface area (Å²) in [5.74, 6) is 0.492. The van der Waals surface area contributed by atoms with Crippen LogP contribution in [0.4, 0.5) is 5.69 Å². The van der Waals surface area contributed by atoms with E-state index in [1.807, 2.05) is 12.1 Å². The number of carbonyl (C=O) groups excluding carboxylic acids is 1. The number of nitrogens with zero attached hydrogens (tertiary/aromatic N) is 2. The lowest BCUT2D eigenvalue weighted by Crippen LogP contribution is -2.21. The van der Waals surface area contributed by atoms with E-state index in [-0.39, 0.29) is 16.0 Å². The highest BCUT2D eigenvalue weighted by Gasteiger charge is 2.11. The fourth-order valence-electron chi connectivity index (χ4n) is 2.52. The van der Waals surface area contributed by atoms with Gasteiger partial charge in [0.25, 0.3) is 11.5 Å². The molecule has 0 bridgehead atoms. The van der Waals surface area contributed by atoms with Crippen LogP contribution in [0.1, 0.15) is 30.1 Å². The van der Waals surface area contributed by atoms with E-state index in [0.29, 0.717) is 23.5 Å². The fourth-order valence-corrected chi connectivity index (χ4v) is 2.78. The molecule has 29 heavy (non-hydrogen) atoms. The van der Waals surface area contributed by atoms with Gasteiger partial charge in [-0.2, -0.15) is 9.78 Å². The average Bonchev–Trinajstić information content (AvgIpc) is 2.74. The summed E-state index contributed by atoms with van der Waals surface area (Å²) in [4.78, 5) is 24.6. The molecule has 1 N–H and O–H groups in total. The third-order valence-electron chi connectivity index (χ3n) is 4.13. The Bertz CT molecular complexity index is 1050. The molecular weight excluding hydrogens is 413 g/mol. The van der Waals surface area contributed by atoms with E-state index in [0.717, 1.165) is 23.3 Å². The minimum Gasteiger partial charge on any atom is -0.494 e. The number of carbonyl (C=O) groups is 1. The number of anilines is 1. The predicted molar refractivity (Wildman–Crippen MR) is 115 cm³/mol. The molecule has 0 saturated heterocycles. The maximum Gasteiger partial charge on any atom is 0.291 e. The molecule has 6 nitrogen and oxygen atoms in total. The largest absolute Gasteiger partial charge is 0.494 e. The Hall–Kier alpha value is -2.83. The lowest BCUT2D eigenvalue weighted by molar-refractivity contribution is 0.102. The average molecular weight is 432 g/mol. The minimum atomic E-state index is -0.530. The third-order valence-corrected chi connectivity index (χ3v) is 4.88. The summed E-state index contributed by atoms with van der Waals surface area (Å²) >= 11 is 11.7. The molecule has 0 aliphatic carbocycles. The highest BCUT2D eigenvalue weighted by molar-refractivity contribution is 6.41. The maximum atomic E-state index is 12.5. The number of amides is 1. The Morgan fingerprint density at radius 3 is 2.45 bits per heavy atom. The summed E-state index contributed by atoms with van der Waals surface area (Å²) in [6.45, 7) is 2.78. The highest BCUT2D eigenvalue weighted by Crippen LogP contribution is 2.18. The molecule has 3 rings (SSSR count). The molecule has 150 valence electrons. The van der Waals surface area contributed by atoms with Crippen LogP contribution in [0.5, 0.6) is 5.75 Å². The van der Waals surface area contributed by atoms with Crippen molar-refractivity contribution in [2.75, 3.05) is 11.9 Å². The minimum absolute atomic E-state index is 0.0886. The van der Waals surface area contributed by atoms with Crippen LogP contribution in [0.2, 0.25) is 10.0 Å². The zero-order valence-electron chi connectivity index (χ0n) is 15.7. The smallest absolute Gasteiger partial charge is 0.291 e. The molecule has 0 unspecified atom stereocenters. The molecular formula is C21H19Cl2N3O3. The van der Waals surface area contributed by atoms with E-state index in [9.17, 15) is 9.59 Å². The summed E-state index contributed by atoms with van der Waals surface area (Å²) < 4.78 is 6.73. The number of rotatable bonds is 7. The van der Waals surface area contributed by atoms with Crippen molar-refractivity contribution in [1.29, 1.82) is 0 Å². The Morgan fingerprint density at radius 2 is 1.79 bits per heavy atom. The molecule has 1 heterocycles. The molecule has 8 heteroatoms. The zero-order chi connectivity index (χ0) is 20.8. The van der Waals surface area contributed by atoms with Gasteiger partial charge in [-0.3, -0.25) is 9.59 Å². The predicted octanol–water partition coefficient (Wildman–Crippen LogP) is 4.97. The quantitative estimate of drug-likeness (QED) is 0.535. The Balaban J connectivity index is 1.68. The van der Waals surface area contributed by atoms with Gasteiger partial charge in [-0.25, -0.2) is 0 Å². The number of unbranched alkanes of at least 4 members (excludes halogenated alkanes) is 1. The fraction of sp³-hybridized carbons (Fsp3) is 0.190. The van der Waals surface area contributed by atoms with Gasteiger partial charge in [0, 0.05) is 11.3 Å². The number of halogens is 2. The van der Waals surface area contributed by atoms with Gasteiger partial charge in [0.05, 0.1) is 23.5 Å². The Kier molecular flexibility index (Phi) is 6.90. The van der Waals surface area contributed by atoms with Gasteiger partial charge in [-0.05, 0) is 55.0 Å². The summed E-state index contributed by atoms with van der Waals surface area (Å²) in [6, 6.07) is 13.6. The molecule has 0 fully saturated rings. The van der Waals surface area contributed by atoms with Gasteiger partial charge in [-0.1, -0.05) is 36.5 Å². The first-order valence-electron chi connectivity index (χ1n) is 9.07. The number of hydrogen-bond acceptors (Lipinski definition) is 4. The first-order chi connectivity index (χ1) is 14.0. The number of benzene rings is 2. The van der Waals surface area contributed by atoms with Crippen molar-refractivity contribution >= 4 is 34.8 Å². The van der Waals surface area contributed by atoms with Crippen molar-refractivity contribution in [2.45, 2.75) is 19.8 Å². The topological polar surface area (TPSA) is 73.2 Å². The molecule has 3 aromatic rings. The van der Waals surface area contributed by atoms with E-state index in [4.69, 9.17) is 27.9 Å². The SMILES string of the molecule is CCCCOc1ccc(NC(=O)c2ccc(-n3ncc(Cl)c(Cl)c3=O)cc2)cc1. The van der Waals surface area contributed by atoms with Crippen LogP contribution in [0.15, 0.2) is 59.5 Å². The van der Waals surface area contributed by atoms with E-state index < -0.39 is 5.56 Å². The van der Waals surface area contributed by atoms with Crippen LogP contribution in [-0.4, -0.2) is 22.3 Å². The molecule has 1 amide bonds. The van der Waals surface area contributed by atoms with E-state index in [2.05, 4.69) is 17.3 Å². The van der Waals surface area contributed by atoms with Crippen molar-refractivity contribution < 1.29 is 9.53 Å². The number of nitrogens with one attached hydrogen (secondary N) is 1. The maximum absolute atomic E-state index is 12.5. The van der Waals surface area contributed by atoms with Crippen LogP contribution in [0, 0.1) is 0 Å². The first-order valence-corrected chi connectivity index (χ1v) is 9.83. The Morgan fingerprint density at radius 1 is 1.10 bits per heavy atom.